The fraction of sp³-hybridized carbons (Fsp3) is 0. The van der Waals surface area contributed by atoms with E-state index in [1.807, 2.05) is 0 Å². The van der Waals surface area contributed by atoms with Gasteiger partial charge in [-0.1, -0.05) is 46.3 Å². The molecule has 0 fully saturated rings. The van der Waals surface area contributed by atoms with Crippen molar-refractivity contribution in [3.8, 4) is 0 Å². The third-order valence-electron chi connectivity index (χ3n) is 5.03. The number of carbonyl (C=O) groups excluding carboxylic acids is 2. The summed E-state index contributed by atoms with van der Waals surface area (Å²) in [7, 11) is 0. The van der Waals surface area contributed by atoms with E-state index in [0.29, 0.717) is 27.5 Å². The van der Waals surface area contributed by atoms with E-state index in [0.717, 1.165) is 4.47 Å². The lowest BCUT2D eigenvalue weighted by Gasteiger charge is -2.06. The molecule has 0 spiro atoms. The maximum atomic E-state index is 13.2. The van der Waals surface area contributed by atoms with Crippen LogP contribution in [-0.4, -0.2) is 11.7 Å². The number of para-hydroxylation sites is 2. The fourth-order valence-electron chi connectivity index (χ4n) is 3.46. The largest absolute Gasteiger partial charge is 0.450 e. The Morgan fingerprint density at radius 1 is 0.812 bits per heavy atom. The van der Waals surface area contributed by atoms with Gasteiger partial charge < -0.3 is 14.2 Å². The van der Waals surface area contributed by atoms with Gasteiger partial charge in [0.25, 0.3) is 5.91 Å². The maximum absolute atomic E-state index is 13.2. The van der Waals surface area contributed by atoms with Crippen molar-refractivity contribution in [1.29, 1.82) is 0 Å². The van der Waals surface area contributed by atoms with Crippen LogP contribution in [0.15, 0.2) is 97.0 Å². The zero-order valence-corrected chi connectivity index (χ0v) is 18.0. The highest BCUT2D eigenvalue weighted by Crippen LogP contribution is 2.33. The van der Waals surface area contributed by atoms with Gasteiger partial charge in [-0.2, -0.15) is 0 Å². The molecule has 0 bridgehead atoms. The van der Waals surface area contributed by atoms with E-state index in [-0.39, 0.29) is 17.0 Å². The number of ketones is 1. The van der Waals surface area contributed by atoms with Gasteiger partial charge in [0.15, 0.2) is 5.76 Å². The van der Waals surface area contributed by atoms with Crippen molar-refractivity contribution in [2.24, 2.45) is 0 Å². The summed E-state index contributed by atoms with van der Waals surface area (Å²) in [4.78, 5) is 38.6. The number of rotatable bonds is 4. The lowest BCUT2D eigenvalue weighted by Crippen LogP contribution is -2.21. The van der Waals surface area contributed by atoms with Gasteiger partial charge in [0.2, 0.25) is 5.78 Å². The lowest BCUT2D eigenvalue weighted by molar-refractivity contribution is 0.101. The first-order chi connectivity index (χ1) is 15.5. The van der Waals surface area contributed by atoms with E-state index in [1.165, 1.54) is 6.07 Å². The van der Waals surface area contributed by atoms with Gasteiger partial charge in [-0.15, -0.1) is 0 Å². The van der Waals surface area contributed by atoms with Crippen LogP contribution in [0.1, 0.15) is 26.5 Å². The molecule has 0 unspecified atom stereocenters. The van der Waals surface area contributed by atoms with Crippen LogP contribution >= 0.6 is 15.9 Å². The highest BCUT2D eigenvalue weighted by molar-refractivity contribution is 9.10. The summed E-state index contributed by atoms with van der Waals surface area (Å²) in [5, 5.41) is 3.85. The number of furan rings is 1. The summed E-state index contributed by atoms with van der Waals surface area (Å²) >= 11 is 3.35. The maximum Gasteiger partial charge on any atom is 0.349 e. The summed E-state index contributed by atoms with van der Waals surface area (Å²) in [6, 6.07) is 22.1. The first-order valence-corrected chi connectivity index (χ1v) is 10.5. The van der Waals surface area contributed by atoms with E-state index in [4.69, 9.17) is 8.83 Å². The minimum atomic E-state index is -0.769. The van der Waals surface area contributed by atoms with Gasteiger partial charge in [0.1, 0.15) is 16.7 Å². The molecule has 0 atom stereocenters. The van der Waals surface area contributed by atoms with Crippen LogP contribution in [0.25, 0.3) is 21.9 Å². The van der Waals surface area contributed by atoms with E-state index in [2.05, 4.69) is 21.2 Å². The Morgan fingerprint density at radius 2 is 1.50 bits per heavy atom. The molecule has 6 nitrogen and oxygen atoms in total. The number of hydrogen-bond acceptors (Lipinski definition) is 5. The van der Waals surface area contributed by atoms with Crippen molar-refractivity contribution in [3.63, 3.8) is 0 Å². The molecular weight excluding hydrogens is 474 g/mol. The minimum absolute atomic E-state index is 0.0213. The molecule has 3 aromatic carbocycles. The van der Waals surface area contributed by atoms with Crippen LogP contribution < -0.4 is 10.9 Å². The number of fused-ring (bicyclic) bond motifs is 2. The predicted octanol–water partition coefficient (Wildman–Crippen LogP) is 5.79. The van der Waals surface area contributed by atoms with E-state index < -0.39 is 17.3 Å². The second-order valence-electron chi connectivity index (χ2n) is 7.08. The van der Waals surface area contributed by atoms with Gasteiger partial charge in [-0.05, 0) is 48.5 Å². The van der Waals surface area contributed by atoms with Gasteiger partial charge in [-0.3, -0.25) is 9.59 Å². The Labute approximate surface area is 189 Å². The smallest absolute Gasteiger partial charge is 0.349 e. The summed E-state index contributed by atoms with van der Waals surface area (Å²) in [6.45, 7) is 0. The molecule has 0 aliphatic heterocycles. The number of hydrogen-bond donors (Lipinski definition) is 1. The highest BCUT2D eigenvalue weighted by atomic mass is 79.9. The average molecular weight is 488 g/mol. The Bertz CT molecular complexity index is 1560. The summed E-state index contributed by atoms with van der Waals surface area (Å²) in [6.07, 6.45) is 0. The zero-order chi connectivity index (χ0) is 22.2. The molecule has 5 rings (SSSR count). The van der Waals surface area contributed by atoms with Gasteiger partial charge in [0, 0.05) is 20.8 Å². The summed E-state index contributed by atoms with van der Waals surface area (Å²) < 4.78 is 11.9. The molecule has 1 N–H and O–H groups in total. The Morgan fingerprint density at radius 3 is 2.28 bits per heavy atom. The topological polar surface area (TPSA) is 89.5 Å². The van der Waals surface area contributed by atoms with E-state index in [9.17, 15) is 14.4 Å². The number of carbonyl (C=O) groups is 2. The Hall–Kier alpha value is -3.97. The summed E-state index contributed by atoms with van der Waals surface area (Å²) in [5.41, 5.74) is 0.479. The number of halogens is 1. The third kappa shape index (κ3) is 3.52. The molecule has 1 amide bonds. The minimum Gasteiger partial charge on any atom is -0.450 e. The molecule has 0 saturated heterocycles. The van der Waals surface area contributed by atoms with Crippen LogP contribution in [0.4, 0.5) is 5.69 Å². The number of nitrogens with one attached hydrogen (secondary N) is 1. The van der Waals surface area contributed by atoms with Gasteiger partial charge in [-0.25, -0.2) is 4.79 Å². The molecule has 0 aliphatic carbocycles. The summed E-state index contributed by atoms with van der Waals surface area (Å²) in [5.74, 6) is -1.11. The third-order valence-corrected chi connectivity index (χ3v) is 5.56. The van der Waals surface area contributed by atoms with Gasteiger partial charge in [0.05, 0.1) is 5.69 Å². The monoisotopic (exact) mass is 487 g/mol. The van der Waals surface area contributed by atoms with Gasteiger partial charge >= 0.3 is 5.63 Å². The fourth-order valence-corrected chi connectivity index (χ4v) is 3.73. The lowest BCUT2D eigenvalue weighted by atomic mass is 10.1. The molecule has 2 heterocycles. The molecule has 156 valence electrons. The first-order valence-electron chi connectivity index (χ1n) is 9.67. The average Bonchev–Trinajstić information content (AvgIpc) is 3.17. The quantitative estimate of drug-likeness (QED) is 0.256. The van der Waals surface area contributed by atoms with Crippen molar-refractivity contribution in [3.05, 3.63) is 111 Å². The molecule has 0 aliphatic rings. The van der Waals surface area contributed by atoms with Crippen molar-refractivity contribution in [1.82, 2.24) is 0 Å². The molecule has 7 heteroatoms. The Kier molecular flexibility index (Phi) is 4.95. The van der Waals surface area contributed by atoms with Crippen LogP contribution in [-0.2, 0) is 0 Å². The normalized spacial score (nSPS) is 11.0. The van der Waals surface area contributed by atoms with Crippen LogP contribution in [0.3, 0.4) is 0 Å². The standard InChI is InChI=1S/C25H14BrNO5/c26-16-11-9-14(10-12-16)22(28)23-21(17-6-2-4-8-20(17)31-23)27-24(29)18-13-15-5-1-3-7-19(15)32-25(18)30/h1-13H,(H,27,29). The zero-order valence-electron chi connectivity index (χ0n) is 16.4. The molecule has 2 aromatic heterocycles. The molecular formula is C25H14BrNO5. The molecule has 0 radical (unpaired) electrons. The SMILES string of the molecule is O=C(c1ccc(Br)cc1)c1oc2ccccc2c1NC(=O)c1cc2ccccc2oc1=O. The second kappa shape index (κ2) is 7.94. The van der Waals surface area contributed by atoms with Crippen molar-refractivity contribution in [2.45, 2.75) is 0 Å². The second-order valence-corrected chi connectivity index (χ2v) is 7.99. The first kappa shape index (κ1) is 20.0. The van der Waals surface area contributed by atoms with Crippen LogP contribution in [0.2, 0.25) is 0 Å². The van der Waals surface area contributed by atoms with Crippen molar-refractivity contribution < 1.29 is 18.4 Å². The molecule has 32 heavy (non-hydrogen) atoms. The molecule has 5 aromatic rings. The van der Waals surface area contributed by atoms with Crippen LogP contribution in [0.5, 0.6) is 0 Å². The Balaban J connectivity index is 1.59. The van der Waals surface area contributed by atoms with E-state index in [1.54, 1.807) is 72.8 Å². The van der Waals surface area contributed by atoms with Crippen molar-refractivity contribution in [2.75, 3.05) is 5.32 Å². The highest BCUT2D eigenvalue weighted by Gasteiger charge is 2.25. The number of anilines is 1. The predicted molar refractivity (Wildman–Crippen MR) is 124 cm³/mol. The van der Waals surface area contributed by atoms with E-state index >= 15 is 0 Å². The van der Waals surface area contributed by atoms with Crippen molar-refractivity contribution >= 4 is 55.2 Å². The number of amides is 1. The number of benzene rings is 3. The van der Waals surface area contributed by atoms with Crippen LogP contribution in [0, 0.1) is 0 Å². The molecule has 0 saturated carbocycles.